The summed E-state index contributed by atoms with van der Waals surface area (Å²) in [7, 11) is 0. The molecule has 0 saturated carbocycles. The summed E-state index contributed by atoms with van der Waals surface area (Å²) < 4.78 is 0. The highest BCUT2D eigenvalue weighted by molar-refractivity contribution is 6.00. The lowest BCUT2D eigenvalue weighted by atomic mass is 10.2. The quantitative estimate of drug-likeness (QED) is 0.185. The number of rotatable bonds is 6. The van der Waals surface area contributed by atoms with Crippen LogP contribution in [0.4, 0.5) is 0 Å². The summed E-state index contributed by atoms with van der Waals surface area (Å²) in [5, 5.41) is 21.7. The van der Waals surface area contributed by atoms with Gasteiger partial charge >= 0.3 is 11.9 Å². The zero-order valence-electron chi connectivity index (χ0n) is 8.40. The van der Waals surface area contributed by atoms with Gasteiger partial charge in [-0.05, 0) is 5.53 Å². The van der Waals surface area contributed by atoms with Crippen molar-refractivity contribution < 1.29 is 24.6 Å². The Bertz CT molecular complexity index is 406. The average molecular weight is 240 g/mol. The summed E-state index contributed by atoms with van der Waals surface area (Å²) in [6, 6.07) is -3.16. The first-order valence-electron chi connectivity index (χ1n) is 4.17. The van der Waals surface area contributed by atoms with E-state index in [4.69, 9.17) is 22.2 Å². The van der Waals surface area contributed by atoms with Gasteiger partial charge in [0.2, 0.25) is 11.9 Å². The Kier molecular flexibility index (Phi) is 5.63. The van der Waals surface area contributed by atoms with Gasteiger partial charge in [-0.2, -0.15) is 0 Å². The second-order valence-electron chi connectivity index (χ2n) is 2.77. The molecule has 0 saturated heterocycles. The SMILES string of the molecule is C#CC(CC(=O)NC(C(=O)O)C(=O)O)N=[N+]=[N-]. The third-order valence-electron chi connectivity index (χ3n) is 1.56. The van der Waals surface area contributed by atoms with Gasteiger partial charge in [0.25, 0.3) is 0 Å². The highest BCUT2D eigenvalue weighted by Crippen LogP contribution is 1.98. The Morgan fingerprint density at radius 1 is 1.41 bits per heavy atom. The molecule has 0 aromatic carbocycles. The van der Waals surface area contributed by atoms with Crippen molar-refractivity contribution in [2.75, 3.05) is 0 Å². The van der Waals surface area contributed by atoms with Crippen molar-refractivity contribution in [3.05, 3.63) is 10.4 Å². The van der Waals surface area contributed by atoms with Gasteiger partial charge in [-0.15, -0.1) is 6.42 Å². The van der Waals surface area contributed by atoms with Gasteiger partial charge in [0.1, 0.15) is 6.04 Å². The van der Waals surface area contributed by atoms with Crippen LogP contribution in [0.15, 0.2) is 5.11 Å². The van der Waals surface area contributed by atoms with Crippen LogP contribution in [0, 0.1) is 12.3 Å². The van der Waals surface area contributed by atoms with E-state index in [1.807, 2.05) is 5.92 Å². The number of amides is 1. The zero-order valence-corrected chi connectivity index (χ0v) is 8.40. The fraction of sp³-hybridized carbons (Fsp3) is 0.375. The molecule has 3 N–H and O–H groups in total. The van der Waals surface area contributed by atoms with E-state index in [2.05, 4.69) is 10.0 Å². The van der Waals surface area contributed by atoms with Crippen LogP contribution >= 0.6 is 0 Å². The number of hydrogen-bond acceptors (Lipinski definition) is 4. The van der Waals surface area contributed by atoms with Crippen molar-refractivity contribution in [3.63, 3.8) is 0 Å². The topological polar surface area (TPSA) is 152 Å². The third-order valence-corrected chi connectivity index (χ3v) is 1.56. The van der Waals surface area contributed by atoms with E-state index in [-0.39, 0.29) is 0 Å². The van der Waals surface area contributed by atoms with Crippen molar-refractivity contribution in [2.24, 2.45) is 5.11 Å². The maximum absolute atomic E-state index is 11.2. The molecule has 0 aliphatic rings. The predicted octanol–water partition coefficient (Wildman–Crippen LogP) is -0.657. The molecule has 0 radical (unpaired) electrons. The van der Waals surface area contributed by atoms with Gasteiger partial charge in [0, 0.05) is 11.3 Å². The summed E-state index contributed by atoms with van der Waals surface area (Å²) in [6.07, 6.45) is 4.44. The van der Waals surface area contributed by atoms with Gasteiger partial charge in [0.15, 0.2) is 0 Å². The molecular formula is C8H8N4O5. The van der Waals surface area contributed by atoms with Gasteiger partial charge in [-0.3, -0.25) is 4.79 Å². The molecule has 0 rings (SSSR count). The maximum Gasteiger partial charge on any atom is 0.338 e. The normalized spacial score (nSPS) is 10.8. The van der Waals surface area contributed by atoms with Crippen LogP contribution in [0.3, 0.4) is 0 Å². The molecule has 0 aromatic heterocycles. The predicted molar refractivity (Wildman–Crippen MR) is 53.6 cm³/mol. The molecule has 0 aromatic rings. The average Bonchev–Trinajstić information content (AvgIpc) is 2.24. The van der Waals surface area contributed by atoms with E-state index in [9.17, 15) is 14.4 Å². The van der Waals surface area contributed by atoms with Gasteiger partial charge in [-0.25, -0.2) is 9.59 Å². The summed E-state index contributed by atoms with van der Waals surface area (Å²) >= 11 is 0. The number of aliphatic carboxylic acids is 2. The van der Waals surface area contributed by atoms with Crippen LogP contribution in [0.5, 0.6) is 0 Å². The molecule has 9 heteroatoms. The van der Waals surface area contributed by atoms with Crippen LogP contribution in [0.25, 0.3) is 10.4 Å². The maximum atomic E-state index is 11.2. The van der Waals surface area contributed by atoms with E-state index in [0.717, 1.165) is 0 Å². The standard InChI is InChI=1S/C8H8N4O5/c1-2-4(11-12-9)3-5(13)10-6(7(14)15)8(16)17/h1,4,6H,3H2,(H,10,13)(H,14,15)(H,16,17). The number of azide groups is 1. The first-order valence-corrected chi connectivity index (χ1v) is 4.17. The Hall–Kier alpha value is -2.72. The monoisotopic (exact) mass is 240 g/mol. The number of carboxylic acid groups (broad SMARTS) is 2. The highest BCUT2D eigenvalue weighted by atomic mass is 16.4. The summed E-state index contributed by atoms with van der Waals surface area (Å²) in [6.45, 7) is 0. The summed E-state index contributed by atoms with van der Waals surface area (Å²) in [5.74, 6) is -2.38. The van der Waals surface area contributed by atoms with Gasteiger partial charge in [-0.1, -0.05) is 11.0 Å². The molecule has 0 heterocycles. The third kappa shape index (κ3) is 5.06. The van der Waals surface area contributed by atoms with Crippen LogP contribution in [0.1, 0.15) is 6.42 Å². The van der Waals surface area contributed by atoms with E-state index in [1.165, 1.54) is 0 Å². The lowest BCUT2D eigenvalue weighted by Gasteiger charge is -2.10. The molecule has 90 valence electrons. The van der Waals surface area contributed by atoms with Gasteiger partial charge < -0.3 is 15.5 Å². The van der Waals surface area contributed by atoms with Crippen molar-refractivity contribution in [1.29, 1.82) is 0 Å². The Balaban J connectivity index is 4.54. The molecule has 0 bridgehead atoms. The van der Waals surface area contributed by atoms with E-state index < -0.39 is 36.4 Å². The number of hydrogen-bond donors (Lipinski definition) is 3. The minimum absolute atomic E-state index is 0.488. The minimum atomic E-state index is -2.06. The number of carbonyl (C=O) groups is 3. The second kappa shape index (κ2) is 6.71. The first kappa shape index (κ1) is 14.3. The lowest BCUT2D eigenvalue weighted by molar-refractivity contribution is -0.153. The molecule has 17 heavy (non-hydrogen) atoms. The summed E-state index contributed by atoms with van der Waals surface area (Å²) in [5.41, 5.74) is 8.08. The first-order chi connectivity index (χ1) is 7.92. The Morgan fingerprint density at radius 2 is 1.94 bits per heavy atom. The number of terminal acetylenes is 1. The van der Waals surface area contributed by atoms with Gasteiger partial charge in [0.05, 0.1) is 0 Å². The van der Waals surface area contributed by atoms with Crippen LogP contribution in [-0.2, 0) is 14.4 Å². The molecule has 1 amide bonds. The number of nitrogens with one attached hydrogen (secondary N) is 1. The molecule has 1 unspecified atom stereocenters. The van der Waals surface area contributed by atoms with Crippen LogP contribution < -0.4 is 5.32 Å². The molecular weight excluding hydrogens is 232 g/mol. The largest absolute Gasteiger partial charge is 0.479 e. The van der Waals surface area contributed by atoms with Crippen molar-refractivity contribution in [2.45, 2.75) is 18.5 Å². The van der Waals surface area contributed by atoms with Crippen LogP contribution in [-0.4, -0.2) is 40.1 Å². The van der Waals surface area contributed by atoms with E-state index >= 15 is 0 Å². The molecule has 0 spiro atoms. The fourth-order valence-corrected chi connectivity index (χ4v) is 0.820. The number of nitrogens with zero attached hydrogens (tertiary/aromatic N) is 3. The molecule has 0 aliphatic carbocycles. The highest BCUT2D eigenvalue weighted by Gasteiger charge is 2.27. The Morgan fingerprint density at radius 3 is 2.29 bits per heavy atom. The molecule has 1 atom stereocenters. The van der Waals surface area contributed by atoms with Crippen molar-refractivity contribution in [1.82, 2.24) is 5.32 Å². The molecule has 0 aliphatic heterocycles. The summed E-state index contributed by atoms with van der Waals surface area (Å²) in [4.78, 5) is 34.4. The van der Waals surface area contributed by atoms with E-state index in [1.54, 1.807) is 5.32 Å². The minimum Gasteiger partial charge on any atom is -0.479 e. The number of carboxylic acids is 2. The van der Waals surface area contributed by atoms with E-state index in [0.29, 0.717) is 0 Å². The second-order valence-corrected chi connectivity index (χ2v) is 2.77. The number of carbonyl (C=O) groups excluding carboxylic acids is 1. The zero-order chi connectivity index (χ0) is 13.4. The molecule has 0 fully saturated rings. The van der Waals surface area contributed by atoms with Crippen molar-refractivity contribution in [3.8, 4) is 12.3 Å². The smallest absolute Gasteiger partial charge is 0.338 e. The fourth-order valence-electron chi connectivity index (χ4n) is 0.820. The lowest BCUT2D eigenvalue weighted by Crippen LogP contribution is -2.46. The molecule has 9 nitrogen and oxygen atoms in total. The van der Waals surface area contributed by atoms with Crippen molar-refractivity contribution >= 4 is 17.8 Å². The van der Waals surface area contributed by atoms with Crippen LogP contribution in [0.2, 0.25) is 0 Å². The Labute approximate surface area is 95.0 Å².